The lowest BCUT2D eigenvalue weighted by Gasteiger charge is -2.03. The van der Waals surface area contributed by atoms with E-state index < -0.39 is 17.3 Å². The average Bonchev–Trinajstić information content (AvgIpc) is 3.09. The Morgan fingerprint density at radius 2 is 1.56 bits per heavy atom. The maximum absolute atomic E-state index is 14.0. The number of thiophene rings is 1. The average molecular weight is 371 g/mol. The van der Waals surface area contributed by atoms with Crippen LogP contribution in [0.15, 0.2) is 53.5 Å². The van der Waals surface area contributed by atoms with E-state index in [2.05, 4.69) is 48.4 Å². The van der Waals surface area contributed by atoms with Crippen LogP contribution < -0.4 is 0 Å². The van der Waals surface area contributed by atoms with Gasteiger partial charge in [-0.3, -0.25) is 0 Å². The Labute approximate surface area is 154 Å². The van der Waals surface area contributed by atoms with Gasteiger partial charge in [-0.2, -0.15) is 4.99 Å². The molecule has 0 aliphatic rings. The van der Waals surface area contributed by atoms with E-state index in [1.165, 1.54) is 29.0 Å². The fraction of sp³-hybridized carbons (Fsp3) is 0.150. The Morgan fingerprint density at radius 3 is 2.12 bits per heavy atom. The fourth-order valence-corrected chi connectivity index (χ4v) is 3.72. The van der Waals surface area contributed by atoms with Crippen molar-refractivity contribution in [2.24, 2.45) is 4.99 Å². The molecular formula is C20H15F2NS2. The Balaban J connectivity index is 1.92. The molecule has 0 saturated heterocycles. The number of hydrogen-bond donors (Lipinski definition) is 0. The molecule has 0 radical (unpaired) electrons. The van der Waals surface area contributed by atoms with Crippen molar-refractivity contribution in [3.63, 3.8) is 0 Å². The van der Waals surface area contributed by atoms with Crippen LogP contribution in [0.1, 0.15) is 18.9 Å². The molecule has 1 nitrogen and oxygen atoms in total. The lowest BCUT2D eigenvalue weighted by Crippen LogP contribution is -1.85. The van der Waals surface area contributed by atoms with E-state index in [-0.39, 0.29) is 0 Å². The third kappa shape index (κ3) is 3.90. The third-order valence-electron chi connectivity index (χ3n) is 3.84. The van der Waals surface area contributed by atoms with Crippen molar-refractivity contribution in [3.05, 3.63) is 65.7 Å². The van der Waals surface area contributed by atoms with E-state index in [0.29, 0.717) is 5.56 Å². The summed E-state index contributed by atoms with van der Waals surface area (Å²) in [6.45, 7) is 2.15. The lowest BCUT2D eigenvalue weighted by atomic mass is 10.1. The predicted molar refractivity (Wildman–Crippen MR) is 104 cm³/mol. The number of thiocarbonyl (C=S) groups is 1. The van der Waals surface area contributed by atoms with Gasteiger partial charge in [0.05, 0.1) is 5.16 Å². The van der Waals surface area contributed by atoms with Gasteiger partial charge in [0.25, 0.3) is 0 Å². The molecular weight excluding hydrogens is 356 g/mol. The quantitative estimate of drug-likeness (QED) is 0.346. The number of aryl methyl sites for hydroxylation is 1. The summed E-state index contributed by atoms with van der Waals surface area (Å²) in [5.41, 5.74) is 2.49. The highest BCUT2D eigenvalue weighted by atomic mass is 32.1. The molecule has 0 fully saturated rings. The van der Waals surface area contributed by atoms with Gasteiger partial charge in [-0.1, -0.05) is 37.6 Å². The highest BCUT2D eigenvalue weighted by Gasteiger charge is 2.13. The molecule has 0 amide bonds. The molecule has 0 spiro atoms. The van der Waals surface area contributed by atoms with Gasteiger partial charge >= 0.3 is 0 Å². The van der Waals surface area contributed by atoms with Gasteiger partial charge in [-0.25, -0.2) is 8.78 Å². The van der Waals surface area contributed by atoms with Crippen molar-refractivity contribution < 1.29 is 8.78 Å². The summed E-state index contributed by atoms with van der Waals surface area (Å²) in [5.74, 6) is -1.49. The van der Waals surface area contributed by atoms with E-state index in [1.54, 1.807) is 0 Å². The van der Waals surface area contributed by atoms with Crippen LogP contribution in [0.4, 0.5) is 14.5 Å². The normalized spacial score (nSPS) is 10.5. The van der Waals surface area contributed by atoms with Crippen LogP contribution in [-0.2, 0) is 6.42 Å². The molecule has 25 heavy (non-hydrogen) atoms. The van der Waals surface area contributed by atoms with Crippen molar-refractivity contribution in [2.75, 3.05) is 0 Å². The minimum atomic E-state index is -0.744. The maximum atomic E-state index is 14.0. The number of nitrogens with zero attached hydrogens (tertiary/aromatic N) is 1. The summed E-state index contributed by atoms with van der Waals surface area (Å²) in [6.07, 6.45) is 2.17. The van der Waals surface area contributed by atoms with Gasteiger partial charge in [0.2, 0.25) is 0 Å². The molecule has 5 heteroatoms. The second-order valence-corrected chi connectivity index (χ2v) is 6.87. The van der Waals surface area contributed by atoms with E-state index in [0.717, 1.165) is 28.2 Å². The first-order valence-electron chi connectivity index (χ1n) is 7.88. The first kappa shape index (κ1) is 17.6. The van der Waals surface area contributed by atoms with Crippen LogP contribution in [0.5, 0.6) is 0 Å². The van der Waals surface area contributed by atoms with Gasteiger partial charge in [0.15, 0.2) is 11.6 Å². The van der Waals surface area contributed by atoms with E-state index >= 15 is 0 Å². The second kappa shape index (κ2) is 7.79. The van der Waals surface area contributed by atoms with E-state index in [4.69, 9.17) is 0 Å². The Kier molecular flexibility index (Phi) is 5.49. The number of halogens is 2. The van der Waals surface area contributed by atoms with Crippen LogP contribution in [-0.4, -0.2) is 5.16 Å². The zero-order valence-corrected chi connectivity index (χ0v) is 15.2. The maximum Gasteiger partial charge on any atom is 0.153 e. The molecule has 3 rings (SSSR count). The largest absolute Gasteiger partial charge is 0.204 e. The fourth-order valence-electron chi connectivity index (χ4n) is 2.63. The smallest absolute Gasteiger partial charge is 0.153 e. The van der Waals surface area contributed by atoms with Crippen molar-refractivity contribution in [2.45, 2.75) is 19.8 Å². The Bertz CT molecular complexity index is 916. The number of aliphatic imine (C=N–C) groups is 1. The topological polar surface area (TPSA) is 12.4 Å². The van der Waals surface area contributed by atoms with E-state index in [9.17, 15) is 8.78 Å². The van der Waals surface area contributed by atoms with Gasteiger partial charge in [0, 0.05) is 9.75 Å². The Hall–Kier alpha value is -2.20. The van der Waals surface area contributed by atoms with Gasteiger partial charge < -0.3 is 0 Å². The summed E-state index contributed by atoms with van der Waals surface area (Å²) < 4.78 is 28.0. The molecule has 0 unspecified atom stereocenters. The van der Waals surface area contributed by atoms with Gasteiger partial charge in [-0.05, 0) is 59.6 Å². The number of isothiocyanates is 1. The SMILES string of the molecule is CCCc1ccc(-c2ccc(-c3cc(F)c(N=C=S)c(F)c3)s2)cc1. The number of rotatable bonds is 5. The highest BCUT2D eigenvalue weighted by molar-refractivity contribution is 7.78. The molecule has 0 atom stereocenters. The van der Waals surface area contributed by atoms with Crippen LogP contribution in [0.2, 0.25) is 0 Å². The highest BCUT2D eigenvalue weighted by Crippen LogP contribution is 2.37. The van der Waals surface area contributed by atoms with Crippen LogP contribution in [0.3, 0.4) is 0 Å². The zero-order chi connectivity index (χ0) is 17.8. The van der Waals surface area contributed by atoms with Crippen LogP contribution in [0, 0.1) is 11.6 Å². The second-order valence-electron chi connectivity index (χ2n) is 5.60. The van der Waals surface area contributed by atoms with Crippen molar-refractivity contribution in [1.29, 1.82) is 0 Å². The first-order valence-corrected chi connectivity index (χ1v) is 9.11. The summed E-state index contributed by atoms with van der Waals surface area (Å²) in [7, 11) is 0. The summed E-state index contributed by atoms with van der Waals surface area (Å²) in [6, 6.07) is 14.8. The molecule has 0 bridgehead atoms. The first-order chi connectivity index (χ1) is 12.1. The predicted octanol–water partition coefficient (Wildman–Crippen LogP) is 7.05. The monoisotopic (exact) mass is 371 g/mol. The molecule has 3 aromatic rings. The van der Waals surface area contributed by atoms with Crippen LogP contribution >= 0.6 is 23.6 Å². The minimum absolute atomic E-state index is 0.401. The molecule has 0 saturated carbocycles. The number of hydrogen-bond acceptors (Lipinski definition) is 3. The van der Waals surface area contributed by atoms with Crippen molar-refractivity contribution in [3.8, 4) is 20.9 Å². The molecule has 2 aromatic carbocycles. The van der Waals surface area contributed by atoms with E-state index in [1.807, 2.05) is 17.3 Å². The van der Waals surface area contributed by atoms with Crippen LogP contribution in [0.25, 0.3) is 20.9 Å². The lowest BCUT2D eigenvalue weighted by molar-refractivity contribution is 0.588. The van der Waals surface area contributed by atoms with Gasteiger partial charge in [0.1, 0.15) is 5.69 Å². The summed E-state index contributed by atoms with van der Waals surface area (Å²) in [4.78, 5) is 5.28. The van der Waals surface area contributed by atoms with Gasteiger partial charge in [-0.15, -0.1) is 11.3 Å². The van der Waals surface area contributed by atoms with Crippen molar-refractivity contribution >= 4 is 34.4 Å². The standard InChI is InChI=1S/C20H15F2NS2/c1-2-3-13-4-6-14(7-5-13)18-8-9-19(25-18)15-10-16(21)20(23-12-24)17(22)11-15/h4-11H,2-3H2,1H3. The minimum Gasteiger partial charge on any atom is -0.204 e. The molecule has 0 aliphatic heterocycles. The summed E-state index contributed by atoms with van der Waals surface area (Å²) in [5, 5.41) is 1.99. The molecule has 126 valence electrons. The summed E-state index contributed by atoms with van der Waals surface area (Å²) >= 11 is 5.91. The number of benzene rings is 2. The molecule has 1 aromatic heterocycles. The van der Waals surface area contributed by atoms with Crippen molar-refractivity contribution in [1.82, 2.24) is 0 Å². The molecule has 0 N–H and O–H groups in total. The zero-order valence-electron chi connectivity index (χ0n) is 13.6. The third-order valence-corrected chi connectivity index (χ3v) is 5.12. The molecule has 0 aliphatic carbocycles. The Morgan fingerprint density at radius 1 is 0.960 bits per heavy atom. The molecule has 1 heterocycles.